The first-order chi connectivity index (χ1) is 9.85. The van der Waals surface area contributed by atoms with E-state index in [9.17, 15) is 18.0 Å². The average Bonchev–Trinajstić information content (AvgIpc) is 3.05. The molecule has 1 aliphatic carbocycles. The quantitative estimate of drug-likeness (QED) is 0.780. The van der Waals surface area contributed by atoms with Crippen molar-refractivity contribution >= 4 is 33.3 Å². The monoisotopic (exact) mass is 333 g/mol. The molecule has 9 heteroatoms. The van der Waals surface area contributed by atoms with Gasteiger partial charge in [0.1, 0.15) is 9.77 Å². The van der Waals surface area contributed by atoms with Crippen LogP contribution in [-0.2, 0) is 19.6 Å². The van der Waals surface area contributed by atoms with Gasteiger partial charge in [0.15, 0.2) is 0 Å². The molecule has 2 atom stereocenters. The lowest BCUT2D eigenvalue weighted by atomic mass is 10.1. The topological polar surface area (TPSA) is 110 Å². The first kappa shape index (κ1) is 15.9. The van der Waals surface area contributed by atoms with Crippen molar-refractivity contribution in [2.75, 3.05) is 7.11 Å². The number of hydrogen-bond acceptors (Lipinski definition) is 6. The summed E-state index contributed by atoms with van der Waals surface area (Å²) in [5.74, 6) is -2.15. The maximum Gasteiger partial charge on any atom is 0.349 e. The molecule has 1 aromatic rings. The lowest BCUT2D eigenvalue weighted by molar-refractivity contribution is -0.141. The molecule has 0 amide bonds. The van der Waals surface area contributed by atoms with E-state index in [0.29, 0.717) is 12.8 Å². The van der Waals surface area contributed by atoms with Gasteiger partial charge < -0.3 is 9.84 Å². The van der Waals surface area contributed by atoms with Gasteiger partial charge in [-0.25, -0.2) is 17.9 Å². The third-order valence-corrected chi connectivity index (χ3v) is 5.98. The number of carboxylic acids is 1. The standard InChI is InChI=1S/C12H15NO6S2/c1-19-12(16)10-9(4-5-20-10)21(17,18)13-8-3-2-7(6-8)11(14)15/h4-5,7-8,13H,2-3,6H2,1H3,(H,14,15). The Labute approximate surface area is 126 Å². The molecule has 2 N–H and O–H groups in total. The molecule has 1 aromatic heterocycles. The Morgan fingerprint density at radius 3 is 2.71 bits per heavy atom. The summed E-state index contributed by atoms with van der Waals surface area (Å²) in [6.45, 7) is 0. The van der Waals surface area contributed by atoms with Gasteiger partial charge in [-0.1, -0.05) is 0 Å². The largest absolute Gasteiger partial charge is 0.481 e. The van der Waals surface area contributed by atoms with Crippen LogP contribution in [0.4, 0.5) is 0 Å². The fraction of sp³-hybridized carbons (Fsp3) is 0.500. The molecular weight excluding hydrogens is 318 g/mol. The zero-order chi connectivity index (χ0) is 15.6. The SMILES string of the molecule is COC(=O)c1sccc1S(=O)(=O)NC1CCC(C(=O)O)C1. The molecule has 116 valence electrons. The van der Waals surface area contributed by atoms with E-state index in [1.807, 2.05) is 0 Å². The number of carbonyl (C=O) groups is 2. The predicted octanol–water partition coefficient (Wildman–Crippen LogP) is 1.07. The van der Waals surface area contributed by atoms with Crippen molar-refractivity contribution in [1.29, 1.82) is 0 Å². The number of carbonyl (C=O) groups excluding carboxylic acids is 1. The molecule has 2 rings (SSSR count). The number of methoxy groups -OCH3 is 1. The fourth-order valence-electron chi connectivity index (χ4n) is 2.35. The Morgan fingerprint density at radius 1 is 1.43 bits per heavy atom. The Balaban J connectivity index is 2.15. The number of hydrogen-bond donors (Lipinski definition) is 2. The molecule has 1 fully saturated rings. The highest BCUT2D eigenvalue weighted by Gasteiger charge is 2.34. The predicted molar refractivity (Wildman–Crippen MR) is 74.7 cm³/mol. The Kier molecular flexibility index (Phi) is 4.64. The van der Waals surface area contributed by atoms with Gasteiger partial charge in [-0.05, 0) is 30.7 Å². The number of nitrogens with one attached hydrogen (secondary N) is 1. The number of aliphatic carboxylic acids is 1. The third kappa shape index (κ3) is 3.42. The third-order valence-electron chi connectivity index (χ3n) is 3.39. The fourth-order valence-corrected chi connectivity index (χ4v) is 4.96. The first-order valence-corrected chi connectivity index (χ1v) is 8.62. The lowest BCUT2D eigenvalue weighted by Gasteiger charge is -2.13. The van der Waals surface area contributed by atoms with Crippen molar-refractivity contribution in [3.8, 4) is 0 Å². The molecular formula is C12H15NO6S2. The van der Waals surface area contributed by atoms with Crippen LogP contribution in [0.25, 0.3) is 0 Å². The second kappa shape index (κ2) is 6.12. The summed E-state index contributed by atoms with van der Waals surface area (Å²) < 4.78 is 31.6. The van der Waals surface area contributed by atoms with Crippen LogP contribution in [0.3, 0.4) is 0 Å². The maximum atomic E-state index is 12.3. The number of carboxylic acid groups (broad SMARTS) is 1. The number of thiophene rings is 1. The van der Waals surface area contributed by atoms with Crippen molar-refractivity contribution in [3.63, 3.8) is 0 Å². The molecule has 0 saturated heterocycles. The molecule has 1 heterocycles. The molecule has 0 aromatic carbocycles. The van der Waals surface area contributed by atoms with E-state index >= 15 is 0 Å². The molecule has 21 heavy (non-hydrogen) atoms. The summed E-state index contributed by atoms with van der Waals surface area (Å²) in [6.07, 6.45) is 1.16. The van der Waals surface area contributed by atoms with Crippen LogP contribution in [0.1, 0.15) is 28.9 Å². The van der Waals surface area contributed by atoms with E-state index in [2.05, 4.69) is 9.46 Å². The van der Waals surface area contributed by atoms with E-state index in [-0.39, 0.29) is 16.2 Å². The number of esters is 1. The Morgan fingerprint density at radius 2 is 2.14 bits per heavy atom. The van der Waals surface area contributed by atoms with Gasteiger partial charge in [0.05, 0.1) is 13.0 Å². The van der Waals surface area contributed by atoms with Crippen molar-refractivity contribution in [1.82, 2.24) is 4.72 Å². The minimum absolute atomic E-state index is 0.0118. The summed E-state index contributed by atoms with van der Waals surface area (Å²) in [5.41, 5.74) is 0. The summed E-state index contributed by atoms with van der Waals surface area (Å²) >= 11 is 0.985. The minimum atomic E-state index is -3.87. The molecule has 0 bridgehead atoms. The molecule has 1 aliphatic rings. The summed E-state index contributed by atoms with van der Waals surface area (Å²) in [4.78, 5) is 22.3. The van der Waals surface area contributed by atoms with Gasteiger partial charge in [0.25, 0.3) is 0 Å². The summed E-state index contributed by atoms with van der Waals surface area (Å²) in [5, 5.41) is 10.4. The Bertz CT molecular complexity index is 650. The first-order valence-electron chi connectivity index (χ1n) is 6.26. The van der Waals surface area contributed by atoms with Gasteiger partial charge in [0, 0.05) is 6.04 Å². The number of rotatable bonds is 5. The molecule has 7 nitrogen and oxygen atoms in total. The van der Waals surface area contributed by atoms with Crippen LogP contribution in [-0.4, -0.2) is 38.6 Å². The minimum Gasteiger partial charge on any atom is -0.481 e. The van der Waals surface area contributed by atoms with E-state index in [1.165, 1.54) is 18.6 Å². The van der Waals surface area contributed by atoms with Gasteiger partial charge in [-0.3, -0.25) is 4.79 Å². The Hall–Kier alpha value is -1.45. The van der Waals surface area contributed by atoms with Gasteiger partial charge >= 0.3 is 11.9 Å². The van der Waals surface area contributed by atoms with Crippen LogP contribution in [0, 0.1) is 5.92 Å². The molecule has 2 unspecified atom stereocenters. The number of ether oxygens (including phenoxy) is 1. The van der Waals surface area contributed by atoms with E-state index in [1.54, 1.807) is 0 Å². The smallest absolute Gasteiger partial charge is 0.349 e. The zero-order valence-corrected chi connectivity index (χ0v) is 12.9. The van der Waals surface area contributed by atoms with Crippen LogP contribution in [0.15, 0.2) is 16.3 Å². The van der Waals surface area contributed by atoms with Crippen LogP contribution in [0.2, 0.25) is 0 Å². The summed E-state index contributed by atoms with van der Waals surface area (Å²) in [7, 11) is -2.69. The normalized spacial score (nSPS) is 22.1. The maximum absolute atomic E-state index is 12.3. The van der Waals surface area contributed by atoms with Gasteiger partial charge in [-0.15, -0.1) is 11.3 Å². The van der Waals surface area contributed by atoms with Crippen molar-refractivity contribution < 1.29 is 27.9 Å². The van der Waals surface area contributed by atoms with Crippen LogP contribution >= 0.6 is 11.3 Å². The molecule has 1 saturated carbocycles. The van der Waals surface area contributed by atoms with E-state index in [4.69, 9.17) is 5.11 Å². The highest BCUT2D eigenvalue weighted by atomic mass is 32.2. The molecule has 0 aliphatic heterocycles. The van der Waals surface area contributed by atoms with Gasteiger partial charge in [0.2, 0.25) is 10.0 Å². The van der Waals surface area contributed by atoms with E-state index in [0.717, 1.165) is 11.3 Å². The van der Waals surface area contributed by atoms with Crippen molar-refractivity contribution in [2.24, 2.45) is 5.92 Å². The summed E-state index contributed by atoms with van der Waals surface area (Å²) in [6, 6.07) is 0.907. The zero-order valence-electron chi connectivity index (χ0n) is 11.2. The highest BCUT2D eigenvalue weighted by molar-refractivity contribution is 7.89. The highest BCUT2D eigenvalue weighted by Crippen LogP contribution is 2.28. The van der Waals surface area contributed by atoms with Crippen LogP contribution in [0.5, 0.6) is 0 Å². The molecule has 0 radical (unpaired) electrons. The van der Waals surface area contributed by atoms with Crippen molar-refractivity contribution in [3.05, 3.63) is 16.3 Å². The van der Waals surface area contributed by atoms with E-state index < -0.39 is 33.9 Å². The van der Waals surface area contributed by atoms with Gasteiger partial charge in [-0.2, -0.15) is 0 Å². The average molecular weight is 333 g/mol. The molecule has 0 spiro atoms. The number of sulfonamides is 1. The van der Waals surface area contributed by atoms with Crippen molar-refractivity contribution in [2.45, 2.75) is 30.2 Å². The second-order valence-corrected chi connectivity index (χ2v) is 7.37. The second-order valence-electron chi connectivity index (χ2n) is 4.77. The lowest BCUT2D eigenvalue weighted by Crippen LogP contribution is -2.33. The van der Waals surface area contributed by atoms with Crippen LogP contribution < -0.4 is 4.72 Å².